The number of amides is 1. The zero-order valence-electron chi connectivity index (χ0n) is 11.8. The van der Waals surface area contributed by atoms with Gasteiger partial charge in [0.1, 0.15) is 17.2 Å². The monoisotopic (exact) mass is 278 g/mol. The number of hydrogen-bond donors (Lipinski definition) is 1. The summed E-state index contributed by atoms with van der Waals surface area (Å²) >= 11 is 0. The number of rotatable bonds is 6. The van der Waals surface area contributed by atoms with Gasteiger partial charge in [-0.05, 0) is 12.8 Å². The molecule has 1 fully saturated rings. The quantitative estimate of drug-likeness (QED) is 0.633. The molecule has 0 saturated heterocycles. The van der Waals surface area contributed by atoms with E-state index in [9.17, 15) is 4.79 Å². The number of ether oxygens (including phenoxy) is 3. The van der Waals surface area contributed by atoms with Crippen molar-refractivity contribution in [3.8, 4) is 17.2 Å². The Morgan fingerprint density at radius 1 is 1.20 bits per heavy atom. The minimum atomic E-state index is -0.0484. The normalized spacial score (nSPS) is 14.2. The number of methoxy groups -OCH3 is 3. The molecule has 20 heavy (non-hydrogen) atoms. The van der Waals surface area contributed by atoms with Gasteiger partial charge in [0.05, 0.1) is 33.1 Å². The summed E-state index contributed by atoms with van der Waals surface area (Å²) in [5, 5.41) is 3.95. The van der Waals surface area contributed by atoms with Gasteiger partial charge in [-0.25, -0.2) is 5.43 Å². The number of benzene rings is 1. The van der Waals surface area contributed by atoms with Crippen LogP contribution in [0.25, 0.3) is 0 Å². The van der Waals surface area contributed by atoms with E-state index in [-0.39, 0.29) is 11.8 Å². The first-order valence-electron chi connectivity index (χ1n) is 6.32. The van der Waals surface area contributed by atoms with E-state index in [0.717, 1.165) is 12.8 Å². The summed E-state index contributed by atoms with van der Waals surface area (Å²) in [7, 11) is 4.67. The Labute approximate surface area is 117 Å². The standard InChI is InChI=1S/C14H18N2O4/c1-18-10-6-12(19-2)11(13(7-10)20-3)8-15-16-14(17)9-4-5-9/h6-9H,4-5H2,1-3H3,(H,16,17)/b15-8+. The van der Waals surface area contributed by atoms with Gasteiger partial charge in [0.15, 0.2) is 0 Å². The van der Waals surface area contributed by atoms with Crippen LogP contribution in [-0.2, 0) is 4.79 Å². The number of carbonyl (C=O) groups excluding carboxylic acids is 1. The summed E-state index contributed by atoms with van der Waals surface area (Å²) in [5.74, 6) is 1.81. The second kappa shape index (κ2) is 6.27. The lowest BCUT2D eigenvalue weighted by molar-refractivity contribution is -0.122. The highest BCUT2D eigenvalue weighted by Crippen LogP contribution is 2.32. The summed E-state index contributed by atoms with van der Waals surface area (Å²) in [4.78, 5) is 11.5. The molecule has 6 heteroatoms. The molecule has 1 aliphatic rings. The minimum Gasteiger partial charge on any atom is -0.496 e. The maximum Gasteiger partial charge on any atom is 0.243 e. The summed E-state index contributed by atoms with van der Waals surface area (Å²) in [5.41, 5.74) is 3.16. The van der Waals surface area contributed by atoms with Crippen molar-refractivity contribution in [2.45, 2.75) is 12.8 Å². The Balaban J connectivity index is 2.19. The van der Waals surface area contributed by atoms with E-state index in [4.69, 9.17) is 14.2 Å². The molecule has 108 valence electrons. The summed E-state index contributed by atoms with van der Waals surface area (Å²) < 4.78 is 15.7. The molecule has 1 saturated carbocycles. The smallest absolute Gasteiger partial charge is 0.243 e. The van der Waals surface area contributed by atoms with Gasteiger partial charge in [-0.3, -0.25) is 4.79 Å². The molecule has 0 bridgehead atoms. The SMILES string of the molecule is COc1cc(OC)c(/C=N/NC(=O)C2CC2)c(OC)c1. The maximum absolute atomic E-state index is 11.5. The van der Waals surface area contributed by atoms with Crippen LogP contribution in [0.4, 0.5) is 0 Å². The molecule has 0 radical (unpaired) electrons. The minimum absolute atomic E-state index is 0.0484. The fourth-order valence-corrected chi connectivity index (χ4v) is 1.76. The van der Waals surface area contributed by atoms with Gasteiger partial charge in [-0.2, -0.15) is 5.10 Å². The van der Waals surface area contributed by atoms with Crippen molar-refractivity contribution < 1.29 is 19.0 Å². The number of nitrogens with one attached hydrogen (secondary N) is 1. The predicted molar refractivity (Wildman–Crippen MR) is 74.6 cm³/mol. The second-order valence-corrected chi connectivity index (χ2v) is 4.45. The van der Waals surface area contributed by atoms with Crippen LogP contribution in [0.3, 0.4) is 0 Å². The lowest BCUT2D eigenvalue weighted by atomic mass is 10.2. The van der Waals surface area contributed by atoms with Gasteiger partial charge in [-0.15, -0.1) is 0 Å². The Kier molecular flexibility index (Phi) is 4.45. The molecule has 2 rings (SSSR count). The fourth-order valence-electron chi connectivity index (χ4n) is 1.76. The summed E-state index contributed by atoms with van der Waals surface area (Å²) in [6.07, 6.45) is 3.39. The average molecular weight is 278 g/mol. The number of carbonyl (C=O) groups is 1. The van der Waals surface area contributed by atoms with Crippen LogP contribution in [0.1, 0.15) is 18.4 Å². The molecule has 1 amide bonds. The van der Waals surface area contributed by atoms with E-state index in [1.165, 1.54) is 6.21 Å². The van der Waals surface area contributed by atoms with Crippen molar-refractivity contribution in [3.05, 3.63) is 17.7 Å². The van der Waals surface area contributed by atoms with Gasteiger partial charge in [-0.1, -0.05) is 0 Å². The van der Waals surface area contributed by atoms with Crippen molar-refractivity contribution in [2.24, 2.45) is 11.0 Å². The van der Waals surface area contributed by atoms with Crippen molar-refractivity contribution in [1.29, 1.82) is 0 Å². The topological polar surface area (TPSA) is 69.2 Å². The van der Waals surface area contributed by atoms with Crippen LogP contribution >= 0.6 is 0 Å². The number of hydrazone groups is 1. The predicted octanol–water partition coefficient (Wildman–Crippen LogP) is 1.57. The fraction of sp³-hybridized carbons (Fsp3) is 0.429. The highest BCUT2D eigenvalue weighted by Gasteiger charge is 2.29. The molecule has 1 aromatic rings. The molecule has 0 spiro atoms. The lowest BCUT2D eigenvalue weighted by Gasteiger charge is -2.12. The Hall–Kier alpha value is -2.24. The van der Waals surface area contributed by atoms with E-state index >= 15 is 0 Å². The van der Waals surface area contributed by atoms with Crippen LogP contribution in [0.5, 0.6) is 17.2 Å². The molecule has 1 N–H and O–H groups in total. The molecule has 0 atom stereocenters. The molecule has 0 unspecified atom stereocenters. The molecule has 0 heterocycles. The lowest BCUT2D eigenvalue weighted by Crippen LogP contribution is -2.19. The Bertz CT molecular complexity index is 499. The number of nitrogens with zero attached hydrogens (tertiary/aromatic N) is 1. The van der Waals surface area contributed by atoms with E-state index in [1.54, 1.807) is 33.5 Å². The third-order valence-electron chi connectivity index (χ3n) is 3.07. The highest BCUT2D eigenvalue weighted by molar-refractivity contribution is 5.89. The second-order valence-electron chi connectivity index (χ2n) is 4.45. The largest absolute Gasteiger partial charge is 0.496 e. The van der Waals surface area contributed by atoms with Crippen LogP contribution < -0.4 is 19.6 Å². The third-order valence-corrected chi connectivity index (χ3v) is 3.07. The van der Waals surface area contributed by atoms with Crippen molar-refractivity contribution in [3.63, 3.8) is 0 Å². The molecule has 1 aliphatic carbocycles. The Morgan fingerprint density at radius 3 is 2.25 bits per heavy atom. The van der Waals surface area contributed by atoms with Gasteiger partial charge in [0, 0.05) is 18.1 Å². The van der Waals surface area contributed by atoms with Crippen molar-refractivity contribution in [2.75, 3.05) is 21.3 Å². The Morgan fingerprint density at radius 2 is 1.80 bits per heavy atom. The van der Waals surface area contributed by atoms with Crippen LogP contribution in [0.2, 0.25) is 0 Å². The zero-order chi connectivity index (χ0) is 14.5. The zero-order valence-corrected chi connectivity index (χ0v) is 11.8. The van der Waals surface area contributed by atoms with E-state index in [1.807, 2.05) is 0 Å². The molecule has 0 aliphatic heterocycles. The molecule has 6 nitrogen and oxygen atoms in total. The van der Waals surface area contributed by atoms with Gasteiger partial charge >= 0.3 is 0 Å². The number of hydrogen-bond acceptors (Lipinski definition) is 5. The van der Waals surface area contributed by atoms with E-state index in [2.05, 4.69) is 10.5 Å². The van der Waals surface area contributed by atoms with E-state index in [0.29, 0.717) is 22.8 Å². The molecule has 0 aromatic heterocycles. The third kappa shape index (κ3) is 3.20. The van der Waals surface area contributed by atoms with E-state index < -0.39 is 0 Å². The van der Waals surface area contributed by atoms with Crippen molar-refractivity contribution >= 4 is 12.1 Å². The first kappa shape index (κ1) is 14.2. The van der Waals surface area contributed by atoms with Crippen LogP contribution in [0, 0.1) is 5.92 Å². The van der Waals surface area contributed by atoms with Crippen molar-refractivity contribution in [1.82, 2.24) is 5.43 Å². The summed E-state index contributed by atoms with van der Waals surface area (Å²) in [6.45, 7) is 0. The average Bonchev–Trinajstić information content (AvgIpc) is 3.31. The molecular formula is C14H18N2O4. The molecule has 1 aromatic carbocycles. The first-order chi connectivity index (χ1) is 9.69. The maximum atomic E-state index is 11.5. The summed E-state index contributed by atoms with van der Waals surface area (Å²) in [6, 6.07) is 3.46. The van der Waals surface area contributed by atoms with Gasteiger partial charge < -0.3 is 14.2 Å². The van der Waals surface area contributed by atoms with Gasteiger partial charge in [0.2, 0.25) is 5.91 Å². The highest BCUT2D eigenvalue weighted by atomic mass is 16.5. The van der Waals surface area contributed by atoms with Crippen LogP contribution in [0.15, 0.2) is 17.2 Å². The van der Waals surface area contributed by atoms with Crippen LogP contribution in [-0.4, -0.2) is 33.5 Å². The van der Waals surface area contributed by atoms with Gasteiger partial charge in [0.25, 0.3) is 0 Å². The molecular weight excluding hydrogens is 260 g/mol. The first-order valence-corrected chi connectivity index (χ1v) is 6.32.